The van der Waals surface area contributed by atoms with E-state index in [1.165, 1.54) is 0 Å². The molecule has 0 aromatic rings. The Hall–Kier alpha value is -1.73. The second-order valence-corrected chi connectivity index (χ2v) is 5.61. The quantitative estimate of drug-likeness (QED) is 0.0986. The highest BCUT2D eigenvalue weighted by atomic mass is 17.2. The maximum atomic E-state index is 11.5. The third kappa shape index (κ3) is 16.9. The first-order valence-electron chi connectivity index (χ1n) is 8.74. The molecule has 7 heteroatoms. The molecule has 0 rings (SSSR count). The number of ether oxygens (including phenoxy) is 2. The van der Waals surface area contributed by atoms with Gasteiger partial charge in [-0.2, -0.15) is 0 Å². The summed E-state index contributed by atoms with van der Waals surface area (Å²) < 4.78 is 9.92. The van der Waals surface area contributed by atoms with Gasteiger partial charge in [0.25, 0.3) is 0 Å². The van der Waals surface area contributed by atoms with Gasteiger partial charge in [-0.25, -0.2) is 14.6 Å². The van der Waals surface area contributed by atoms with E-state index in [0.717, 1.165) is 44.8 Å². The number of aldehydes is 1. The molecule has 0 amide bonds. The Morgan fingerprint density at radius 2 is 1.52 bits per heavy atom. The lowest BCUT2D eigenvalue weighted by molar-refractivity contribution is -0.298. The van der Waals surface area contributed by atoms with Crippen LogP contribution >= 0.6 is 0 Å². The second kappa shape index (κ2) is 17.1. The van der Waals surface area contributed by atoms with Gasteiger partial charge in [0.2, 0.25) is 0 Å². The van der Waals surface area contributed by atoms with Crippen molar-refractivity contribution >= 4 is 18.2 Å². The molecule has 0 N–H and O–H groups in total. The molecule has 7 nitrogen and oxygen atoms in total. The van der Waals surface area contributed by atoms with Gasteiger partial charge in [0, 0.05) is 18.4 Å². The summed E-state index contributed by atoms with van der Waals surface area (Å²) in [5.41, 5.74) is 0.345. The van der Waals surface area contributed by atoms with E-state index in [1.807, 2.05) is 0 Å². The Labute approximate surface area is 149 Å². The van der Waals surface area contributed by atoms with Crippen molar-refractivity contribution in [2.24, 2.45) is 0 Å². The van der Waals surface area contributed by atoms with E-state index in [-0.39, 0.29) is 19.2 Å². The third-order valence-corrected chi connectivity index (χ3v) is 3.17. The summed E-state index contributed by atoms with van der Waals surface area (Å²) in [5.74, 6) is -0.636. The second-order valence-electron chi connectivity index (χ2n) is 5.61. The minimum atomic E-state index is -0.448. The molecule has 0 bridgehead atoms. The molecule has 0 saturated carbocycles. The van der Waals surface area contributed by atoms with Gasteiger partial charge < -0.3 is 14.3 Å². The summed E-state index contributed by atoms with van der Waals surface area (Å²) in [6.07, 6.45) is 6.75. The summed E-state index contributed by atoms with van der Waals surface area (Å²) in [7, 11) is 0. The molecule has 0 aromatic carbocycles. The summed E-state index contributed by atoms with van der Waals surface area (Å²) >= 11 is 0. The number of esters is 2. The fraction of sp³-hybridized carbons (Fsp3) is 0.722. The topological polar surface area (TPSA) is 88.1 Å². The summed E-state index contributed by atoms with van der Waals surface area (Å²) in [6, 6.07) is 0. The monoisotopic (exact) mass is 358 g/mol. The Morgan fingerprint density at radius 1 is 0.840 bits per heavy atom. The molecule has 0 aliphatic carbocycles. The van der Waals surface area contributed by atoms with E-state index in [1.54, 1.807) is 6.92 Å². The molecule has 0 unspecified atom stereocenters. The lowest BCUT2D eigenvalue weighted by Gasteiger charge is -2.06. The van der Waals surface area contributed by atoms with Gasteiger partial charge >= 0.3 is 11.9 Å². The number of carbonyl (C=O) groups excluding carboxylic acids is 3. The number of rotatable bonds is 17. The maximum Gasteiger partial charge on any atom is 0.333 e. The van der Waals surface area contributed by atoms with Crippen molar-refractivity contribution in [2.45, 2.75) is 58.3 Å². The largest absolute Gasteiger partial charge is 0.466 e. The van der Waals surface area contributed by atoms with E-state index in [4.69, 9.17) is 19.2 Å². The van der Waals surface area contributed by atoms with E-state index < -0.39 is 5.97 Å². The average Bonchev–Trinajstić information content (AvgIpc) is 2.59. The molecule has 25 heavy (non-hydrogen) atoms. The Morgan fingerprint density at radius 3 is 2.24 bits per heavy atom. The molecule has 144 valence electrons. The van der Waals surface area contributed by atoms with Crippen LogP contribution in [0, 0.1) is 0 Å². The van der Waals surface area contributed by atoms with Crippen LogP contribution in [0.25, 0.3) is 0 Å². The first-order valence-corrected chi connectivity index (χ1v) is 8.74. The van der Waals surface area contributed by atoms with Crippen molar-refractivity contribution in [3.05, 3.63) is 12.2 Å². The Kier molecular flexibility index (Phi) is 15.9. The van der Waals surface area contributed by atoms with Crippen LogP contribution in [0.4, 0.5) is 0 Å². The van der Waals surface area contributed by atoms with Crippen LogP contribution in [-0.4, -0.2) is 44.7 Å². The highest BCUT2D eigenvalue weighted by Gasteiger charge is 2.03. The Balaban J connectivity index is 3.24. The van der Waals surface area contributed by atoms with Crippen LogP contribution < -0.4 is 0 Å². The molecule has 0 atom stereocenters. The highest BCUT2D eigenvalue weighted by Crippen LogP contribution is 2.04. The van der Waals surface area contributed by atoms with Gasteiger partial charge in [-0.15, -0.1) is 0 Å². The fourth-order valence-corrected chi connectivity index (χ4v) is 1.78. The maximum absolute atomic E-state index is 11.5. The van der Waals surface area contributed by atoms with Crippen LogP contribution in [0.1, 0.15) is 58.3 Å². The highest BCUT2D eigenvalue weighted by molar-refractivity contribution is 5.86. The molecule has 0 spiro atoms. The van der Waals surface area contributed by atoms with Crippen LogP contribution in [0.3, 0.4) is 0 Å². The predicted molar refractivity (Wildman–Crippen MR) is 91.6 cm³/mol. The molecule has 0 aliphatic rings. The molecular weight excluding hydrogens is 328 g/mol. The van der Waals surface area contributed by atoms with Crippen molar-refractivity contribution in [1.82, 2.24) is 0 Å². The first-order chi connectivity index (χ1) is 12.1. The van der Waals surface area contributed by atoms with Crippen molar-refractivity contribution in [2.75, 3.05) is 26.4 Å². The van der Waals surface area contributed by atoms with E-state index in [2.05, 4.69) is 6.58 Å². The minimum Gasteiger partial charge on any atom is -0.466 e. The van der Waals surface area contributed by atoms with Gasteiger partial charge in [0.1, 0.15) is 19.5 Å². The van der Waals surface area contributed by atoms with Crippen LogP contribution in [0.15, 0.2) is 12.2 Å². The van der Waals surface area contributed by atoms with Crippen molar-refractivity contribution in [3.63, 3.8) is 0 Å². The zero-order chi connectivity index (χ0) is 18.8. The zero-order valence-electron chi connectivity index (χ0n) is 15.1. The molecule has 0 heterocycles. The molecule has 0 saturated heterocycles. The van der Waals surface area contributed by atoms with Crippen molar-refractivity contribution in [3.8, 4) is 0 Å². The van der Waals surface area contributed by atoms with Crippen molar-refractivity contribution in [1.29, 1.82) is 0 Å². The zero-order valence-corrected chi connectivity index (χ0v) is 15.1. The SMILES string of the molecule is C=C(C)C(=O)OCCOOCCCCCC(=O)OCCCCCC=O. The predicted octanol–water partition coefficient (Wildman–Crippen LogP) is 2.92. The number of carbonyl (C=O) groups is 3. The normalized spacial score (nSPS) is 10.3. The molecule has 0 radical (unpaired) electrons. The fourth-order valence-electron chi connectivity index (χ4n) is 1.78. The first kappa shape index (κ1) is 23.3. The van der Waals surface area contributed by atoms with Gasteiger partial charge in [-0.05, 0) is 39.0 Å². The minimum absolute atomic E-state index is 0.118. The number of unbranched alkanes of at least 4 members (excludes halogenated alkanes) is 5. The molecular formula is C18H30O7. The van der Waals surface area contributed by atoms with E-state index >= 15 is 0 Å². The number of hydrogen-bond acceptors (Lipinski definition) is 7. The smallest absolute Gasteiger partial charge is 0.333 e. The van der Waals surface area contributed by atoms with Crippen molar-refractivity contribution < 1.29 is 33.6 Å². The van der Waals surface area contributed by atoms with E-state index in [0.29, 0.717) is 31.6 Å². The summed E-state index contributed by atoms with van der Waals surface area (Å²) in [6.45, 7) is 6.16. The standard InChI is InChI=1S/C18H30O7/c1-16(2)18(21)23-14-15-25-24-13-9-5-6-10-17(20)22-12-8-4-3-7-11-19/h11H,1,3-10,12-15H2,2H3. The van der Waals surface area contributed by atoms with Crippen LogP contribution in [-0.2, 0) is 33.6 Å². The molecule has 0 aromatic heterocycles. The average molecular weight is 358 g/mol. The molecule has 0 fully saturated rings. The van der Waals surface area contributed by atoms with Gasteiger partial charge in [0.05, 0.1) is 13.2 Å². The lowest BCUT2D eigenvalue weighted by Crippen LogP contribution is -2.11. The van der Waals surface area contributed by atoms with Crippen LogP contribution in [0.5, 0.6) is 0 Å². The Bertz CT molecular complexity index is 393. The van der Waals surface area contributed by atoms with Gasteiger partial charge in [-0.3, -0.25) is 4.79 Å². The lowest BCUT2D eigenvalue weighted by atomic mass is 10.2. The summed E-state index contributed by atoms with van der Waals surface area (Å²) in [4.78, 5) is 42.5. The van der Waals surface area contributed by atoms with Crippen LogP contribution in [0.2, 0.25) is 0 Å². The van der Waals surface area contributed by atoms with E-state index in [9.17, 15) is 14.4 Å². The third-order valence-electron chi connectivity index (χ3n) is 3.17. The van der Waals surface area contributed by atoms with Gasteiger partial charge in [-0.1, -0.05) is 13.0 Å². The summed E-state index contributed by atoms with van der Waals surface area (Å²) in [5, 5.41) is 0. The number of hydrogen-bond donors (Lipinski definition) is 0. The van der Waals surface area contributed by atoms with Gasteiger partial charge in [0.15, 0.2) is 0 Å². The molecule has 0 aliphatic heterocycles.